The van der Waals surface area contributed by atoms with Gasteiger partial charge in [0.05, 0.1) is 10.7 Å². The Morgan fingerprint density at radius 2 is 1.72 bits per heavy atom. The average Bonchev–Trinajstić information content (AvgIpc) is 3.19. The van der Waals surface area contributed by atoms with Gasteiger partial charge in [0, 0.05) is 36.0 Å². The van der Waals surface area contributed by atoms with Crippen LogP contribution in [0.3, 0.4) is 0 Å². The highest BCUT2D eigenvalue weighted by molar-refractivity contribution is 8.01. The van der Waals surface area contributed by atoms with E-state index in [1.807, 2.05) is 0 Å². The second-order valence-electron chi connectivity index (χ2n) is 6.23. The molecule has 3 aromatic rings. The fraction of sp³-hybridized carbons (Fsp3) is 0.105. The van der Waals surface area contributed by atoms with Crippen molar-refractivity contribution in [2.45, 2.75) is 11.3 Å². The summed E-state index contributed by atoms with van der Waals surface area (Å²) < 4.78 is 0.478. The highest BCUT2D eigenvalue weighted by Crippen LogP contribution is 2.26. The van der Waals surface area contributed by atoms with Crippen LogP contribution in [-0.2, 0) is 9.59 Å². The topological polar surface area (TPSA) is 156 Å². The Morgan fingerprint density at radius 1 is 1.03 bits per heavy atom. The van der Waals surface area contributed by atoms with Crippen molar-refractivity contribution in [1.29, 1.82) is 0 Å². The molecule has 1 heterocycles. The number of hydrogen-bond donors (Lipinski definition) is 3. The minimum absolute atomic E-state index is 0.0648. The van der Waals surface area contributed by atoms with Crippen LogP contribution in [0.15, 0.2) is 52.9 Å². The van der Waals surface area contributed by atoms with Gasteiger partial charge in [0.2, 0.25) is 16.9 Å². The molecule has 0 unspecified atom stereocenters. The number of carbonyl (C=O) groups is 3. The van der Waals surface area contributed by atoms with E-state index >= 15 is 0 Å². The molecule has 0 aliphatic rings. The third-order valence-electron chi connectivity index (χ3n) is 3.76. The summed E-state index contributed by atoms with van der Waals surface area (Å²) in [4.78, 5) is 45.7. The van der Waals surface area contributed by atoms with Gasteiger partial charge in [-0.05, 0) is 30.3 Å². The normalized spacial score (nSPS) is 10.3. The molecule has 0 aliphatic heterocycles. The van der Waals surface area contributed by atoms with Crippen LogP contribution in [0.2, 0.25) is 0 Å². The lowest BCUT2D eigenvalue weighted by Gasteiger charge is -2.07. The monoisotopic (exact) mass is 472 g/mol. The summed E-state index contributed by atoms with van der Waals surface area (Å²) in [6.07, 6.45) is 0. The molecule has 0 bridgehead atoms. The number of aromatic nitrogens is 2. The number of carbonyl (C=O) groups excluding carboxylic acids is 3. The van der Waals surface area contributed by atoms with E-state index in [0.717, 1.165) is 23.1 Å². The van der Waals surface area contributed by atoms with Crippen LogP contribution in [0.4, 0.5) is 22.2 Å². The smallest absolute Gasteiger partial charge is 0.269 e. The van der Waals surface area contributed by atoms with Crippen molar-refractivity contribution in [3.05, 3.63) is 64.2 Å². The first-order chi connectivity index (χ1) is 15.3. The van der Waals surface area contributed by atoms with Crippen LogP contribution in [0.1, 0.15) is 17.3 Å². The summed E-state index contributed by atoms with van der Waals surface area (Å²) in [6.45, 7) is 1.40. The molecule has 0 spiro atoms. The Morgan fingerprint density at radius 3 is 2.38 bits per heavy atom. The van der Waals surface area contributed by atoms with E-state index in [4.69, 9.17) is 0 Å². The zero-order valence-corrected chi connectivity index (χ0v) is 18.2. The van der Waals surface area contributed by atoms with Gasteiger partial charge in [-0.2, -0.15) is 0 Å². The van der Waals surface area contributed by atoms with Crippen LogP contribution in [0.25, 0.3) is 0 Å². The number of nitro groups is 1. The van der Waals surface area contributed by atoms with Gasteiger partial charge in [-0.25, -0.2) is 0 Å². The van der Waals surface area contributed by atoms with Crippen LogP contribution in [0.5, 0.6) is 0 Å². The predicted octanol–water partition coefficient (Wildman–Crippen LogP) is 3.39. The summed E-state index contributed by atoms with van der Waals surface area (Å²) in [7, 11) is 0. The molecule has 1 aromatic heterocycles. The number of nitrogens with one attached hydrogen (secondary N) is 3. The molecule has 32 heavy (non-hydrogen) atoms. The van der Waals surface area contributed by atoms with E-state index in [-0.39, 0.29) is 33.9 Å². The van der Waals surface area contributed by atoms with Crippen molar-refractivity contribution >= 4 is 63.0 Å². The number of nitrogens with zero attached hydrogens (tertiary/aromatic N) is 3. The molecule has 0 saturated carbocycles. The highest BCUT2D eigenvalue weighted by Gasteiger charge is 2.13. The van der Waals surface area contributed by atoms with Crippen molar-refractivity contribution in [2.24, 2.45) is 0 Å². The maximum atomic E-state index is 12.2. The lowest BCUT2D eigenvalue weighted by molar-refractivity contribution is -0.384. The minimum Gasteiger partial charge on any atom is -0.326 e. The average molecular weight is 473 g/mol. The number of hydrogen-bond acceptors (Lipinski definition) is 9. The SMILES string of the molecule is CC(=O)Nc1cccc(NC(=O)CSc2nnc(NC(=O)c3ccc([N+](=O)[O-])cc3)s2)c1. The maximum absolute atomic E-state index is 12.2. The summed E-state index contributed by atoms with van der Waals surface area (Å²) in [5.74, 6) is -0.905. The van der Waals surface area contributed by atoms with Crippen LogP contribution < -0.4 is 16.0 Å². The summed E-state index contributed by atoms with van der Waals surface area (Å²) in [5, 5.41) is 26.6. The van der Waals surface area contributed by atoms with Gasteiger partial charge in [0.15, 0.2) is 4.34 Å². The lowest BCUT2D eigenvalue weighted by Crippen LogP contribution is -2.14. The molecule has 0 fully saturated rings. The zero-order valence-electron chi connectivity index (χ0n) is 16.5. The molecule has 0 atom stereocenters. The molecular weight excluding hydrogens is 456 g/mol. The van der Waals surface area contributed by atoms with Gasteiger partial charge < -0.3 is 10.6 Å². The Labute approximate surface area is 189 Å². The number of anilines is 3. The molecule has 3 N–H and O–H groups in total. The van der Waals surface area contributed by atoms with Crippen molar-refractivity contribution in [3.8, 4) is 0 Å². The number of rotatable bonds is 8. The fourth-order valence-electron chi connectivity index (χ4n) is 2.42. The summed E-state index contributed by atoms with van der Waals surface area (Å²) >= 11 is 2.24. The molecule has 3 amide bonds. The van der Waals surface area contributed by atoms with Gasteiger partial charge in [0.1, 0.15) is 0 Å². The molecular formula is C19H16N6O5S2. The number of amides is 3. The molecule has 0 radical (unpaired) electrons. The summed E-state index contributed by atoms with van der Waals surface area (Å²) in [5.41, 5.74) is 1.23. The molecule has 0 aliphatic carbocycles. The number of benzene rings is 2. The van der Waals surface area contributed by atoms with Gasteiger partial charge in [-0.3, -0.25) is 29.8 Å². The van der Waals surface area contributed by atoms with Crippen molar-refractivity contribution < 1.29 is 19.3 Å². The number of nitro benzene ring substituents is 1. The van der Waals surface area contributed by atoms with E-state index in [1.54, 1.807) is 24.3 Å². The molecule has 0 saturated heterocycles. The second-order valence-corrected chi connectivity index (χ2v) is 8.43. The Bertz CT molecular complexity index is 1170. The van der Waals surface area contributed by atoms with E-state index in [9.17, 15) is 24.5 Å². The zero-order chi connectivity index (χ0) is 23.1. The standard InChI is InChI=1S/C19H16N6O5S2/c1-11(26)20-13-3-2-4-14(9-13)21-16(27)10-31-19-24-23-18(32-19)22-17(28)12-5-7-15(8-6-12)25(29)30/h2-9H,10H2,1H3,(H,20,26)(H,21,27)(H,22,23,28). The molecule has 164 valence electrons. The third-order valence-corrected chi connectivity index (χ3v) is 5.73. The largest absolute Gasteiger partial charge is 0.326 e. The predicted molar refractivity (Wildman–Crippen MR) is 121 cm³/mol. The Kier molecular flexibility index (Phi) is 7.46. The third kappa shape index (κ3) is 6.58. The van der Waals surface area contributed by atoms with Gasteiger partial charge in [-0.1, -0.05) is 29.2 Å². The Hall–Kier alpha value is -3.84. The fourth-order valence-corrected chi connectivity index (χ4v) is 3.97. The van der Waals surface area contributed by atoms with Gasteiger partial charge >= 0.3 is 0 Å². The van der Waals surface area contributed by atoms with Crippen LogP contribution >= 0.6 is 23.1 Å². The number of non-ortho nitro benzene ring substituents is 1. The van der Waals surface area contributed by atoms with Gasteiger partial charge in [0.25, 0.3) is 11.6 Å². The van der Waals surface area contributed by atoms with E-state index in [1.165, 1.54) is 31.2 Å². The minimum atomic E-state index is -0.550. The van der Waals surface area contributed by atoms with Crippen molar-refractivity contribution in [1.82, 2.24) is 10.2 Å². The quantitative estimate of drug-likeness (QED) is 0.195. The maximum Gasteiger partial charge on any atom is 0.269 e. The first kappa shape index (κ1) is 22.8. The van der Waals surface area contributed by atoms with Crippen LogP contribution in [-0.4, -0.2) is 38.6 Å². The highest BCUT2D eigenvalue weighted by atomic mass is 32.2. The molecule has 11 nitrogen and oxygen atoms in total. The van der Waals surface area contributed by atoms with Gasteiger partial charge in [-0.15, -0.1) is 10.2 Å². The van der Waals surface area contributed by atoms with Crippen LogP contribution in [0, 0.1) is 10.1 Å². The first-order valence-corrected chi connectivity index (χ1v) is 10.8. The number of thioether (sulfide) groups is 1. The van der Waals surface area contributed by atoms with E-state index in [0.29, 0.717) is 15.7 Å². The molecule has 13 heteroatoms. The summed E-state index contributed by atoms with van der Waals surface area (Å²) in [6, 6.07) is 11.9. The van der Waals surface area contributed by atoms with Crippen molar-refractivity contribution in [2.75, 3.05) is 21.7 Å². The molecule has 3 rings (SSSR count). The van der Waals surface area contributed by atoms with Crippen molar-refractivity contribution in [3.63, 3.8) is 0 Å². The lowest BCUT2D eigenvalue weighted by atomic mass is 10.2. The van der Waals surface area contributed by atoms with E-state index in [2.05, 4.69) is 26.1 Å². The first-order valence-electron chi connectivity index (χ1n) is 9.00. The van der Waals surface area contributed by atoms with E-state index < -0.39 is 10.8 Å². The molecule has 2 aromatic carbocycles. The second kappa shape index (κ2) is 10.5. The Balaban J connectivity index is 1.50.